The smallest absolute Gasteiger partial charge is 0.227 e. The standard InChI is InChI=1S/C11H14N2O3S/c1-9(10-5-3-4-6-11(10)14)13(2)17(15,16)8-7-12/h3-6,9,14H,8H2,1-2H3. The Bertz CT molecular complexity index is 534. The van der Waals surface area contributed by atoms with Crippen molar-refractivity contribution in [1.29, 1.82) is 5.26 Å². The zero-order valence-electron chi connectivity index (χ0n) is 9.66. The van der Waals surface area contributed by atoms with Gasteiger partial charge in [-0.2, -0.15) is 9.57 Å². The molecule has 92 valence electrons. The summed E-state index contributed by atoms with van der Waals surface area (Å²) in [4.78, 5) is 0. The van der Waals surface area contributed by atoms with Gasteiger partial charge in [0.25, 0.3) is 0 Å². The van der Waals surface area contributed by atoms with Crippen LogP contribution in [0.3, 0.4) is 0 Å². The molecule has 0 aliphatic carbocycles. The third kappa shape index (κ3) is 2.96. The van der Waals surface area contributed by atoms with Crippen LogP contribution in [0, 0.1) is 11.3 Å². The predicted octanol–water partition coefficient (Wildman–Crippen LogP) is 1.24. The van der Waals surface area contributed by atoms with E-state index in [1.165, 1.54) is 13.1 Å². The monoisotopic (exact) mass is 254 g/mol. The number of hydrogen-bond donors (Lipinski definition) is 1. The molecule has 0 heterocycles. The number of rotatable bonds is 4. The van der Waals surface area contributed by atoms with E-state index in [-0.39, 0.29) is 5.75 Å². The largest absolute Gasteiger partial charge is 0.508 e. The zero-order valence-corrected chi connectivity index (χ0v) is 10.5. The quantitative estimate of drug-likeness (QED) is 0.876. The first kappa shape index (κ1) is 13.5. The maximum absolute atomic E-state index is 11.7. The fourth-order valence-electron chi connectivity index (χ4n) is 1.46. The van der Waals surface area contributed by atoms with Crippen molar-refractivity contribution in [1.82, 2.24) is 4.31 Å². The molecular formula is C11H14N2O3S. The van der Waals surface area contributed by atoms with Crippen molar-refractivity contribution >= 4 is 10.0 Å². The lowest BCUT2D eigenvalue weighted by molar-refractivity contribution is 0.382. The second kappa shape index (κ2) is 5.17. The topological polar surface area (TPSA) is 81.4 Å². The summed E-state index contributed by atoms with van der Waals surface area (Å²) in [6.45, 7) is 1.66. The molecule has 5 nitrogen and oxygen atoms in total. The minimum Gasteiger partial charge on any atom is -0.508 e. The Morgan fingerprint density at radius 1 is 1.47 bits per heavy atom. The molecule has 0 aliphatic heterocycles. The van der Waals surface area contributed by atoms with Gasteiger partial charge in [-0.05, 0) is 13.0 Å². The first-order valence-corrected chi connectivity index (χ1v) is 6.61. The number of aromatic hydroxyl groups is 1. The Morgan fingerprint density at radius 3 is 2.59 bits per heavy atom. The van der Waals surface area contributed by atoms with E-state index in [0.717, 1.165) is 4.31 Å². The van der Waals surface area contributed by atoms with Gasteiger partial charge in [-0.25, -0.2) is 8.42 Å². The molecule has 0 radical (unpaired) electrons. The van der Waals surface area contributed by atoms with E-state index in [1.54, 1.807) is 31.2 Å². The third-order valence-corrected chi connectivity index (χ3v) is 4.31. The molecule has 0 aromatic heterocycles. The minimum absolute atomic E-state index is 0.0407. The van der Waals surface area contributed by atoms with Crippen molar-refractivity contribution in [2.75, 3.05) is 12.8 Å². The first-order valence-electron chi connectivity index (χ1n) is 5.00. The van der Waals surface area contributed by atoms with E-state index < -0.39 is 21.8 Å². The Kier molecular flexibility index (Phi) is 4.10. The van der Waals surface area contributed by atoms with E-state index in [0.29, 0.717) is 5.56 Å². The van der Waals surface area contributed by atoms with Crippen molar-refractivity contribution in [2.45, 2.75) is 13.0 Å². The molecular weight excluding hydrogens is 240 g/mol. The minimum atomic E-state index is -3.61. The molecule has 6 heteroatoms. The van der Waals surface area contributed by atoms with Crippen LogP contribution in [0.15, 0.2) is 24.3 Å². The maximum Gasteiger partial charge on any atom is 0.227 e. The average molecular weight is 254 g/mol. The van der Waals surface area contributed by atoms with Crippen molar-refractivity contribution in [3.63, 3.8) is 0 Å². The molecule has 0 amide bonds. The molecule has 1 atom stereocenters. The SMILES string of the molecule is CC(c1ccccc1O)N(C)S(=O)(=O)CC#N. The fourth-order valence-corrected chi connectivity index (χ4v) is 2.42. The van der Waals surface area contributed by atoms with E-state index in [4.69, 9.17) is 5.26 Å². The van der Waals surface area contributed by atoms with E-state index in [9.17, 15) is 13.5 Å². The average Bonchev–Trinajstić information content (AvgIpc) is 2.27. The normalized spacial score (nSPS) is 13.3. The van der Waals surface area contributed by atoms with Gasteiger partial charge in [-0.3, -0.25) is 0 Å². The van der Waals surface area contributed by atoms with Crippen LogP contribution >= 0.6 is 0 Å². The van der Waals surface area contributed by atoms with E-state index in [1.807, 2.05) is 0 Å². The number of nitrogens with zero attached hydrogens (tertiary/aromatic N) is 2. The Hall–Kier alpha value is -1.58. The number of phenolic OH excluding ortho intramolecular Hbond substituents is 1. The molecule has 0 saturated carbocycles. The van der Waals surface area contributed by atoms with Gasteiger partial charge in [-0.1, -0.05) is 18.2 Å². The Morgan fingerprint density at radius 2 is 2.06 bits per heavy atom. The molecule has 1 N–H and O–H groups in total. The van der Waals surface area contributed by atoms with Crippen LogP contribution in [0.25, 0.3) is 0 Å². The zero-order chi connectivity index (χ0) is 13.1. The van der Waals surface area contributed by atoms with Gasteiger partial charge in [0.15, 0.2) is 5.75 Å². The van der Waals surface area contributed by atoms with Crippen LogP contribution in [0.4, 0.5) is 0 Å². The highest BCUT2D eigenvalue weighted by atomic mass is 32.2. The highest BCUT2D eigenvalue weighted by molar-refractivity contribution is 7.89. The summed E-state index contributed by atoms with van der Waals surface area (Å²) in [6.07, 6.45) is 0. The van der Waals surface area contributed by atoms with Gasteiger partial charge in [-0.15, -0.1) is 0 Å². The summed E-state index contributed by atoms with van der Waals surface area (Å²) in [6, 6.07) is 7.63. The van der Waals surface area contributed by atoms with Gasteiger partial charge in [0, 0.05) is 12.6 Å². The van der Waals surface area contributed by atoms with Crippen molar-refractivity contribution in [2.24, 2.45) is 0 Å². The summed E-state index contributed by atoms with van der Waals surface area (Å²) in [5, 5.41) is 18.1. The molecule has 0 bridgehead atoms. The maximum atomic E-state index is 11.7. The number of para-hydroxylation sites is 1. The number of hydrogen-bond acceptors (Lipinski definition) is 4. The van der Waals surface area contributed by atoms with Gasteiger partial charge >= 0.3 is 0 Å². The van der Waals surface area contributed by atoms with Crippen LogP contribution in [0.2, 0.25) is 0 Å². The highest BCUT2D eigenvalue weighted by Gasteiger charge is 2.25. The first-order chi connectivity index (χ1) is 7.90. The highest BCUT2D eigenvalue weighted by Crippen LogP contribution is 2.28. The molecule has 1 unspecified atom stereocenters. The Labute approximate surface area is 101 Å². The van der Waals surface area contributed by atoms with Crippen LogP contribution in [-0.2, 0) is 10.0 Å². The molecule has 0 aliphatic rings. The van der Waals surface area contributed by atoms with Crippen LogP contribution in [0.5, 0.6) is 5.75 Å². The summed E-state index contributed by atoms with van der Waals surface area (Å²) < 4.78 is 24.4. The van der Waals surface area contributed by atoms with E-state index in [2.05, 4.69) is 0 Å². The summed E-state index contributed by atoms with van der Waals surface area (Å²) in [7, 11) is -2.22. The Balaban J connectivity index is 3.04. The molecule has 0 saturated heterocycles. The number of sulfonamides is 1. The second-order valence-electron chi connectivity index (χ2n) is 3.67. The molecule has 0 fully saturated rings. The van der Waals surface area contributed by atoms with Crippen molar-refractivity contribution in [3.8, 4) is 11.8 Å². The molecule has 0 spiro atoms. The summed E-state index contributed by atoms with van der Waals surface area (Å²) in [5.74, 6) is -0.527. The van der Waals surface area contributed by atoms with Crippen LogP contribution < -0.4 is 0 Å². The second-order valence-corrected chi connectivity index (χ2v) is 5.69. The van der Waals surface area contributed by atoms with Gasteiger partial charge in [0.2, 0.25) is 10.0 Å². The number of nitriles is 1. The third-order valence-electron chi connectivity index (χ3n) is 2.62. The number of benzene rings is 1. The summed E-state index contributed by atoms with van der Waals surface area (Å²) in [5.41, 5.74) is 0.511. The van der Waals surface area contributed by atoms with E-state index >= 15 is 0 Å². The van der Waals surface area contributed by atoms with Gasteiger partial charge in [0.05, 0.1) is 12.1 Å². The van der Waals surface area contributed by atoms with Crippen molar-refractivity contribution < 1.29 is 13.5 Å². The molecule has 17 heavy (non-hydrogen) atoms. The van der Waals surface area contributed by atoms with Crippen LogP contribution in [0.1, 0.15) is 18.5 Å². The number of phenols is 1. The van der Waals surface area contributed by atoms with Crippen LogP contribution in [-0.4, -0.2) is 30.6 Å². The van der Waals surface area contributed by atoms with Gasteiger partial charge in [0.1, 0.15) is 5.75 Å². The molecule has 1 rings (SSSR count). The van der Waals surface area contributed by atoms with Gasteiger partial charge < -0.3 is 5.11 Å². The fraction of sp³-hybridized carbons (Fsp3) is 0.364. The summed E-state index contributed by atoms with van der Waals surface area (Å²) >= 11 is 0. The predicted molar refractivity (Wildman–Crippen MR) is 63.7 cm³/mol. The lowest BCUT2D eigenvalue weighted by Gasteiger charge is -2.24. The lowest BCUT2D eigenvalue weighted by Crippen LogP contribution is -2.31. The van der Waals surface area contributed by atoms with Crippen molar-refractivity contribution in [3.05, 3.63) is 29.8 Å². The molecule has 1 aromatic rings. The lowest BCUT2D eigenvalue weighted by atomic mass is 10.1. The molecule has 1 aromatic carbocycles.